The first-order valence-electron chi connectivity index (χ1n) is 6.12. The Morgan fingerprint density at radius 1 is 1.41 bits per heavy atom. The summed E-state index contributed by atoms with van der Waals surface area (Å²) < 4.78 is 21.7. The van der Waals surface area contributed by atoms with Crippen molar-refractivity contribution in [2.75, 3.05) is 40.0 Å². The zero-order valence-corrected chi connectivity index (χ0v) is 12.2. The first-order chi connectivity index (χ1) is 8.00. The molecular weight excluding hydrogens is 237 g/mol. The molecule has 4 nitrogen and oxygen atoms in total. The summed E-state index contributed by atoms with van der Waals surface area (Å²) in [6.07, 6.45) is 3.87. The molecule has 1 aliphatic rings. The lowest BCUT2D eigenvalue weighted by Gasteiger charge is -2.28. The maximum absolute atomic E-state index is 11.9. The predicted molar refractivity (Wildman–Crippen MR) is 70.5 cm³/mol. The van der Waals surface area contributed by atoms with E-state index >= 15 is 0 Å². The third-order valence-electron chi connectivity index (χ3n) is 3.32. The van der Waals surface area contributed by atoms with Crippen molar-refractivity contribution in [2.24, 2.45) is 5.92 Å². The van der Waals surface area contributed by atoms with Gasteiger partial charge in [-0.05, 0) is 12.3 Å². The lowest BCUT2D eigenvalue weighted by Crippen LogP contribution is -2.32. The van der Waals surface area contributed by atoms with Crippen molar-refractivity contribution < 1.29 is 13.6 Å². The van der Waals surface area contributed by atoms with Gasteiger partial charge in [0.2, 0.25) is 0 Å². The van der Waals surface area contributed by atoms with E-state index in [-0.39, 0.29) is 0 Å². The summed E-state index contributed by atoms with van der Waals surface area (Å²) in [5.74, 6) is 0.640. The highest BCUT2D eigenvalue weighted by molar-refractivity contribution is 7.53. The lowest BCUT2D eigenvalue weighted by atomic mass is 9.97. The van der Waals surface area contributed by atoms with E-state index < -0.39 is 7.60 Å². The molecule has 17 heavy (non-hydrogen) atoms. The Morgan fingerprint density at radius 3 is 2.47 bits per heavy atom. The molecule has 0 unspecified atom stereocenters. The van der Waals surface area contributed by atoms with E-state index in [0.29, 0.717) is 12.1 Å². The van der Waals surface area contributed by atoms with Crippen molar-refractivity contribution in [3.63, 3.8) is 0 Å². The molecule has 0 amide bonds. The maximum Gasteiger partial charge on any atom is 0.331 e. The second-order valence-electron chi connectivity index (χ2n) is 4.68. The summed E-state index contributed by atoms with van der Waals surface area (Å²) in [6.45, 7) is 7.20. The lowest BCUT2D eigenvalue weighted by molar-refractivity contribution is 0.258. The van der Waals surface area contributed by atoms with Gasteiger partial charge in [0.25, 0.3) is 0 Å². The molecule has 0 aliphatic carbocycles. The first-order valence-corrected chi connectivity index (χ1v) is 7.85. The van der Waals surface area contributed by atoms with Crippen LogP contribution in [0.2, 0.25) is 0 Å². The van der Waals surface area contributed by atoms with Gasteiger partial charge in [-0.1, -0.05) is 25.5 Å². The van der Waals surface area contributed by atoms with Crippen LogP contribution in [0.1, 0.15) is 20.3 Å². The van der Waals surface area contributed by atoms with E-state index in [9.17, 15) is 4.57 Å². The van der Waals surface area contributed by atoms with E-state index in [4.69, 9.17) is 9.05 Å². The predicted octanol–water partition coefficient (Wildman–Crippen LogP) is 2.76. The first kappa shape index (κ1) is 14.9. The van der Waals surface area contributed by atoms with Crippen LogP contribution in [0.4, 0.5) is 0 Å². The zero-order chi connectivity index (χ0) is 12.9. The average molecular weight is 261 g/mol. The van der Waals surface area contributed by atoms with E-state index in [1.54, 1.807) is 0 Å². The van der Waals surface area contributed by atoms with Gasteiger partial charge in [0.05, 0.1) is 6.16 Å². The zero-order valence-electron chi connectivity index (χ0n) is 11.3. The Balaban J connectivity index is 2.39. The van der Waals surface area contributed by atoms with Crippen LogP contribution < -0.4 is 0 Å². The Kier molecular flexibility index (Phi) is 5.87. The van der Waals surface area contributed by atoms with Crippen LogP contribution in [0.25, 0.3) is 0 Å². The topological polar surface area (TPSA) is 38.8 Å². The molecule has 0 aromatic heterocycles. The normalized spacial score (nSPS) is 18.5. The fraction of sp³-hybridized carbons (Fsp3) is 0.833. The van der Waals surface area contributed by atoms with Crippen molar-refractivity contribution >= 4 is 7.60 Å². The molecule has 5 heteroatoms. The summed E-state index contributed by atoms with van der Waals surface area (Å²) in [7, 11) is 0.0390. The molecule has 0 atom stereocenters. The van der Waals surface area contributed by atoms with Gasteiger partial charge in [0.15, 0.2) is 0 Å². The largest absolute Gasteiger partial charge is 0.331 e. The smallest absolute Gasteiger partial charge is 0.312 e. The van der Waals surface area contributed by atoms with E-state index in [0.717, 1.165) is 26.1 Å². The molecule has 0 spiro atoms. The second kappa shape index (κ2) is 6.69. The molecular formula is C12H24NO3P. The minimum Gasteiger partial charge on any atom is -0.312 e. The molecule has 1 heterocycles. The van der Waals surface area contributed by atoms with Crippen LogP contribution in [0.3, 0.4) is 0 Å². The van der Waals surface area contributed by atoms with Gasteiger partial charge in [-0.25, -0.2) is 0 Å². The van der Waals surface area contributed by atoms with Gasteiger partial charge in [-0.3, -0.25) is 9.46 Å². The van der Waals surface area contributed by atoms with E-state index in [1.807, 2.05) is 0 Å². The monoisotopic (exact) mass is 261 g/mol. The van der Waals surface area contributed by atoms with Crippen molar-refractivity contribution in [3.05, 3.63) is 11.6 Å². The third-order valence-corrected chi connectivity index (χ3v) is 5.18. The summed E-state index contributed by atoms with van der Waals surface area (Å²) in [6, 6.07) is 0. The Hall–Kier alpha value is -0.150. The van der Waals surface area contributed by atoms with Gasteiger partial charge in [-0.15, -0.1) is 0 Å². The molecule has 0 aromatic rings. The highest BCUT2D eigenvalue weighted by Crippen LogP contribution is 2.45. The number of hydrogen-bond donors (Lipinski definition) is 0. The van der Waals surface area contributed by atoms with Crippen LogP contribution in [-0.2, 0) is 13.6 Å². The molecule has 1 aliphatic heterocycles. The number of nitrogens with zero attached hydrogens (tertiary/aromatic N) is 1. The van der Waals surface area contributed by atoms with Crippen molar-refractivity contribution in [3.8, 4) is 0 Å². The Morgan fingerprint density at radius 2 is 2.06 bits per heavy atom. The highest BCUT2D eigenvalue weighted by Gasteiger charge is 2.23. The Bertz CT molecular complexity index is 307. The van der Waals surface area contributed by atoms with Gasteiger partial charge < -0.3 is 9.05 Å². The minimum atomic E-state index is -2.84. The second-order valence-corrected chi connectivity index (χ2v) is 7.08. The van der Waals surface area contributed by atoms with E-state index in [1.165, 1.54) is 19.8 Å². The molecule has 1 rings (SSSR count). The molecule has 0 N–H and O–H groups in total. The quantitative estimate of drug-likeness (QED) is 0.544. The van der Waals surface area contributed by atoms with Crippen molar-refractivity contribution in [1.82, 2.24) is 4.90 Å². The van der Waals surface area contributed by atoms with Crippen LogP contribution in [0.15, 0.2) is 11.6 Å². The van der Waals surface area contributed by atoms with Crippen molar-refractivity contribution in [1.29, 1.82) is 0 Å². The van der Waals surface area contributed by atoms with Gasteiger partial charge >= 0.3 is 7.60 Å². The van der Waals surface area contributed by atoms with Crippen LogP contribution in [0.5, 0.6) is 0 Å². The average Bonchev–Trinajstić information content (AvgIpc) is 2.36. The SMILES string of the molecule is COP(=O)(CCN1CC=C(C(C)C)CC1)OC. The molecule has 0 radical (unpaired) electrons. The number of rotatable bonds is 6. The highest BCUT2D eigenvalue weighted by atomic mass is 31.2. The standard InChI is InChI=1S/C12H24NO3P/c1-11(2)12-5-7-13(8-6-12)9-10-17(14,15-3)16-4/h5,11H,6-10H2,1-4H3. The van der Waals surface area contributed by atoms with Gasteiger partial charge in [0.1, 0.15) is 0 Å². The molecule has 0 fully saturated rings. The van der Waals surface area contributed by atoms with Crippen LogP contribution in [0, 0.1) is 5.92 Å². The van der Waals surface area contributed by atoms with E-state index in [2.05, 4.69) is 24.8 Å². The van der Waals surface area contributed by atoms with Crippen LogP contribution in [-0.4, -0.2) is 44.9 Å². The van der Waals surface area contributed by atoms with Crippen molar-refractivity contribution in [2.45, 2.75) is 20.3 Å². The fourth-order valence-corrected chi connectivity index (χ4v) is 3.02. The molecule has 0 saturated heterocycles. The maximum atomic E-state index is 11.9. The van der Waals surface area contributed by atoms with Gasteiger partial charge in [0, 0.05) is 33.9 Å². The summed E-state index contributed by atoms with van der Waals surface area (Å²) >= 11 is 0. The molecule has 0 saturated carbocycles. The Labute approximate surface area is 105 Å². The molecule has 0 bridgehead atoms. The molecule has 0 aromatic carbocycles. The number of hydrogen-bond acceptors (Lipinski definition) is 4. The molecule has 100 valence electrons. The minimum absolute atomic E-state index is 0.463. The summed E-state index contributed by atoms with van der Waals surface area (Å²) in [5, 5.41) is 0. The van der Waals surface area contributed by atoms with Gasteiger partial charge in [-0.2, -0.15) is 0 Å². The third kappa shape index (κ3) is 4.55. The fourth-order valence-electron chi connectivity index (χ4n) is 1.98. The summed E-state index contributed by atoms with van der Waals surface area (Å²) in [5.41, 5.74) is 1.53. The summed E-state index contributed by atoms with van der Waals surface area (Å²) in [4.78, 5) is 2.29. The van der Waals surface area contributed by atoms with Crippen LogP contribution >= 0.6 is 7.60 Å².